The summed E-state index contributed by atoms with van der Waals surface area (Å²) in [7, 11) is -3.76. The first-order valence-corrected chi connectivity index (χ1v) is 11.4. The highest BCUT2D eigenvalue weighted by atomic mass is 35.5. The van der Waals surface area contributed by atoms with Gasteiger partial charge in [0.05, 0.1) is 0 Å². The number of aromatic nitrogens is 1. The largest absolute Gasteiger partial charge is 0.480 e. The Bertz CT molecular complexity index is 982. The lowest BCUT2D eigenvalue weighted by molar-refractivity contribution is -0.142. The third-order valence-corrected chi connectivity index (χ3v) is 8.21. The average Bonchev–Trinajstić information content (AvgIpc) is 3.11. The Kier molecular flexibility index (Phi) is 5.39. The van der Waals surface area contributed by atoms with Gasteiger partial charge in [0.25, 0.3) is 10.2 Å². The second kappa shape index (κ2) is 7.67. The lowest BCUT2D eigenvalue weighted by Gasteiger charge is -2.38. The molecular weight excluding hydrogens is 402 g/mol. The molecule has 1 aromatic carbocycles. The van der Waals surface area contributed by atoms with Crippen LogP contribution in [0.2, 0.25) is 5.02 Å². The summed E-state index contributed by atoms with van der Waals surface area (Å²) < 4.78 is 28.8. The number of halogens is 1. The number of fused-ring (bicyclic) bond motifs is 1. The van der Waals surface area contributed by atoms with E-state index in [2.05, 4.69) is 4.98 Å². The van der Waals surface area contributed by atoms with Gasteiger partial charge >= 0.3 is 5.97 Å². The Hall–Kier alpha value is -1.61. The van der Waals surface area contributed by atoms with E-state index in [-0.39, 0.29) is 12.5 Å². The van der Waals surface area contributed by atoms with Crippen molar-refractivity contribution in [3.05, 3.63) is 35.0 Å². The normalized spacial score (nSPS) is 23.2. The highest BCUT2D eigenvalue weighted by molar-refractivity contribution is 7.86. The monoisotopic (exact) mass is 425 g/mol. The molecule has 1 aromatic heterocycles. The van der Waals surface area contributed by atoms with Crippen LogP contribution in [0.15, 0.2) is 24.4 Å². The first-order chi connectivity index (χ1) is 13.4. The summed E-state index contributed by atoms with van der Waals surface area (Å²) in [5, 5.41) is 11.2. The fourth-order valence-corrected chi connectivity index (χ4v) is 6.45. The number of piperidine rings is 2. The number of hydrogen-bond acceptors (Lipinski definition) is 3. The minimum Gasteiger partial charge on any atom is -0.480 e. The predicted octanol–water partition coefficient (Wildman–Crippen LogP) is 3.18. The molecule has 0 spiro atoms. The molecule has 0 radical (unpaired) electrons. The van der Waals surface area contributed by atoms with Crippen molar-refractivity contribution in [2.45, 2.75) is 44.1 Å². The van der Waals surface area contributed by atoms with E-state index >= 15 is 0 Å². The van der Waals surface area contributed by atoms with Crippen LogP contribution in [0.25, 0.3) is 10.9 Å². The molecule has 2 aromatic rings. The SMILES string of the molecule is O=C(O)[C@H]1CCCCN1S(=O)(=O)N1CCC(c2c[nH]c3cc(Cl)ccc23)CC1. The molecule has 2 fully saturated rings. The van der Waals surface area contributed by atoms with Gasteiger partial charge in [0.2, 0.25) is 0 Å². The van der Waals surface area contributed by atoms with Gasteiger partial charge in [0.1, 0.15) is 6.04 Å². The zero-order valence-corrected chi connectivity index (χ0v) is 17.0. The Morgan fingerprint density at radius 2 is 1.89 bits per heavy atom. The molecule has 0 bridgehead atoms. The van der Waals surface area contributed by atoms with Crippen LogP contribution in [0, 0.1) is 0 Å². The Labute approximate surface area is 169 Å². The minimum absolute atomic E-state index is 0.262. The first-order valence-electron chi connectivity index (χ1n) is 9.64. The molecular formula is C19H24ClN3O4S. The maximum Gasteiger partial charge on any atom is 0.322 e. The molecule has 28 heavy (non-hydrogen) atoms. The number of benzene rings is 1. The molecule has 0 aliphatic carbocycles. The third kappa shape index (κ3) is 3.54. The second-order valence-corrected chi connectivity index (χ2v) is 9.89. The van der Waals surface area contributed by atoms with Crippen LogP contribution in [0.5, 0.6) is 0 Å². The summed E-state index contributed by atoms with van der Waals surface area (Å²) in [6.45, 7) is 1.08. The fourth-order valence-electron chi connectivity index (χ4n) is 4.43. The van der Waals surface area contributed by atoms with Gasteiger partial charge in [-0.15, -0.1) is 0 Å². The lowest BCUT2D eigenvalue weighted by atomic mass is 9.90. The second-order valence-electron chi connectivity index (χ2n) is 7.58. The van der Waals surface area contributed by atoms with Crippen LogP contribution in [-0.4, -0.2) is 58.8 Å². The van der Waals surface area contributed by atoms with E-state index in [0.717, 1.165) is 17.3 Å². The molecule has 1 atom stereocenters. The van der Waals surface area contributed by atoms with E-state index in [1.807, 2.05) is 24.4 Å². The van der Waals surface area contributed by atoms with Gasteiger partial charge in [-0.1, -0.05) is 17.7 Å². The summed E-state index contributed by atoms with van der Waals surface area (Å²) >= 11 is 6.05. The van der Waals surface area contributed by atoms with Crippen molar-refractivity contribution in [3.63, 3.8) is 0 Å². The summed E-state index contributed by atoms with van der Waals surface area (Å²) in [6, 6.07) is 4.80. The fraction of sp³-hybridized carbons (Fsp3) is 0.526. The molecule has 0 amide bonds. The molecule has 0 saturated carbocycles. The van der Waals surface area contributed by atoms with Crippen LogP contribution >= 0.6 is 11.6 Å². The maximum atomic E-state index is 13.1. The van der Waals surface area contributed by atoms with Gasteiger partial charge in [-0.25, -0.2) is 0 Å². The van der Waals surface area contributed by atoms with Crippen molar-refractivity contribution in [1.29, 1.82) is 0 Å². The molecule has 9 heteroatoms. The number of H-pyrrole nitrogens is 1. The average molecular weight is 426 g/mol. The zero-order chi connectivity index (χ0) is 19.9. The Morgan fingerprint density at radius 1 is 1.14 bits per heavy atom. The van der Waals surface area contributed by atoms with E-state index in [1.165, 1.54) is 14.2 Å². The van der Waals surface area contributed by atoms with Crippen LogP contribution in [0.1, 0.15) is 43.6 Å². The Morgan fingerprint density at radius 3 is 2.61 bits per heavy atom. The van der Waals surface area contributed by atoms with Gasteiger partial charge in [-0.2, -0.15) is 17.0 Å². The van der Waals surface area contributed by atoms with Crippen LogP contribution < -0.4 is 0 Å². The molecule has 7 nitrogen and oxygen atoms in total. The van der Waals surface area contributed by atoms with Gasteiger partial charge in [0.15, 0.2) is 0 Å². The quantitative estimate of drug-likeness (QED) is 0.786. The topological polar surface area (TPSA) is 93.7 Å². The number of nitrogens with one attached hydrogen (secondary N) is 1. The van der Waals surface area contributed by atoms with Crippen molar-refractivity contribution >= 4 is 38.7 Å². The molecule has 2 aliphatic rings. The van der Waals surface area contributed by atoms with Crippen molar-refractivity contribution in [1.82, 2.24) is 13.6 Å². The van der Waals surface area contributed by atoms with Gasteiger partial charge in [-0.3, -0.25) is 4.79 Å². The maximum absolute atomic E-state index is 13.1. The highest BCUT2D eigenvalue weighted by Crippen LogP contribution is 2.35. The van der Waals surface area contributed by atoms with Crippen molar-refractivity contribution in [2.75, 3.05) is 19.6 Å². The molecule has 152 valence electrons. The molecule has 3 heterocycles. The van der Waals surface area contributed by atoms with Crippen molar-refractivity contribution < 1.29 is 18.3 Å². The number of carbonyl (C=O) groups is 1. The lowest BCUT2D eigenvalue weighted by Crippen LogP contribution is -2.54. The predicted molar refractivity (Wildman–Crippen MR) is 108 cm³/mol. The summed E-state index contributed by atoms with van der Waals surface area (Å²) in [4.78, 5) is 14.8. The van der Waals surface area contributed by atoms with Crippen molar-refractivity contribution in [2.24, 2.45) is 0 Å². The highest BCUT2D eigenvalue weighted by Gasteiger charge is 2.41. The van der Waals surface area contributed by atoms with Crippen LogP contribution in [-0.2, 0) is 15.0 Å². The van der Waals surface area contributed by atoms with Crippen molar-refractivity contribution in [3.8, 4) is 0 Å². The number of carboxylic acid groups (broad SMARTS) is 1. The van der Waals surface area contributed by atoms with E-state index in [4.69, 9.17) is 11.6 Å². The zero-order valence-electron chi connectivity index (χ0n) is 15.5. The van der Waals surface area contributed by atoms with E-state index < -0.39 is 22.2 Å². The van der Waals surface area contributed by atoms with E-state index in [9.17, 15) is 18.3 Å². The molecule has 2 saturated heterocycles. The van der Waals surface area contributed by atoms with Gasteiger partial charge in [-0.05, 0) is 55.7 Å². The summed E-state index contributed by atoms with van der Waals surface area (Å²) in [6.07, 6.45) is 5.23. The van der Waals surface area contributed by atoms with Gasteiger partial charge in [0, 0.05) is 41.8 Å². The summed E-state index contributed by atoms with van der Waals surface area (Å²) in [5.41, 5.74) is 2.17. The third-order valence-electron chi connectivity index (χ3n) is 5.93. The Balaban J connectivity index is 1.49. The number of nitrogens with zero attached hydrogens (tertiary/aromatic N) is 2. The number of aliphatic carboxylic acids is 1. The minimum atomic E-state index is -3.76. The van der Waals surface area contributed by atoms with Crippen LogP contribution in [0.3, 0.4) is 0 Å². The van der Waals surface area contributed by atoms with Gasteiger partial charge < -0.3 is 10.1 Å². The first kappa shape index (κ1) is 19.7. The molecule has 2 aliphatic heterocycles. The number of hydrogen-bond donors (Lipinski definition) is 2. The van der Waals surface area contributed by atoms with Crippen LogP contribution in [0.4, 0.5) is 0 Å². The molecule has 2 N–H and O–H groups in total. The number of rotatable bonds is 4. The number of aromatic amines is 1. The smallest absolute Gasteiger partial charge is 0.322 e. The van der Waals surface area contributed by atoms with E-state index in [0.29, 0.717) is 43.8 Å². The van der Waals surface area contributed by atoms with E-state index in [1.54, 1.807) is 0 Å². The standard InChI is InChI=1S/C19H24ClN3O4S/c20-14-4-5-15-16(12-21-17(15)11-14)13-6-9-22(10-7-13)28(26,27)23-8-2-1-3-18(23)19(24)25/h4-5,11-13,18,21H,1-3,6-10H2,(H,24,25)/t18-/m1/s1. The number of carboxylic acids is 1. The molecule has 4 rings (SSSR count). The molecule has 0 unspecified atom stereocenters. The summed E-state index contributed by atoms with van der Waals surface area (Å²) in [5.74, 6) is -0.798.